The van der Waals surface area contributed by atoms with Crippen molar-refractivity contribution in [3.63, 3.8) is 0 Å². The van der Waals surface area contributed by atoms with E-state index in [2.05, 4.69) is 10.4 Å². The van der Waals surface area contributed by atoms with E-state index in [-0.39, 0.29) is 11.9 Å². The van der Waals surface area contributed by atoms with Crippen molar-refractivity contribution in [2.75, 3.05) is 0 Å². The van der Waals surface area contributed by atoms with E-state index < -0.39 is 0 Å². The smallest absolute Gasteiger partial charge is 0.269 e. The summed E-state index contributed by atoms with van der Waals surface area (Å²) >= 11 is 0. The van der Waals surface area contributed by atoms with E-state index in [0.29, 0.717) is 18.7 Å². The number of carbonyl (C=O) groups excluding carboxylic acids is 1. The van der Waals surface area contributed by atoms with Crippen molar-refractivity contribution in [2.24, 2.45) is 0 Å². The third-order valence-corrected chi connectivity index (χ3v) is 2.50. The number of nitrogens with one attached hydrogen (secondary N) is 1. The van der Waals surface area contributed by atoms with Gasteiger partial charge in [-0.05, 0) is 26.3 Å². The maximum Gasteiger partial charge on any atom is 0.269 e. The Bertz CT molecular complexity index is 430. The van der Waals surface area contributed by atoms with Crippen molar-refractivity contribution in [1.82, 2.24) is 15.1 Å². The van der Waals surface area contributed by atoms with Gasteiger partial charge in [-0.15, -0.1) is 0 Å². The number of hydrogen-bond acceptors (Lipinski definition) is 3. The van der Waals surface area contributed by atoms with Crippen LogP contribution in [0.1, 0.15) is 43.4 Å². The molecule has 0 spiro atoms. The average molecular weight is 234 g/mol. The monoisotopic (exact) mass is 234 g/mol. The molecule has 1 aromatic rings. The normalized spacial score (nSPS) is 11.9. The van der Waals surface area contributed by atoms with E-state index in [1.165, 1.54) is 0 Å². The number of nitrogens with zero attached hydrogens (tertiary/aromatic N) is 3. The molecule has 1 N–H and O–H groups in total. The lowest BCUT2D eigenvalue weighted by molar-refractivity contribution is 0.0930. The van der Waals surface area contributed by atoms with E-state index >= 15 is 0 Å². The van der Waals surface area contributed by atoms with Crippen LogP contribution in [0, 0.1) is 11.3 Å². The minimum Gasteiger partial charge on any atom is -0.347 e. The van der Waals surface area contributed by atoms with Gasteiger partial charge in [-0.1, -0.05) is 6.92 Å². The standard InChI is InChI=1S/C12H18N4O/c1-4-10-8-11(16(5-2)15-10)12(17)14-9(3)6-7-13/h8-9H,4-6H2,1-3H3,(H,14,17). The summed E-state index contributed by atoms with van der Waals surface area (Å²) < 4.78 is 1.69. The van der Waals surface area contributed by atoms with Crippen molar-refractivity contribution >= 4 is 5.91 Å². The van der Waals surface area contributed by atoms with Gasteiger partial charge in [-0.3, -0.25) is 9.48 Å². The lowest BCUT2D eigenvalue weighted by atomic mass is 10.2. The molecule has 0 bridgehead atoms. The number of aryl methyl sites for hydroxylation is 2. The molecular weight excluding hydrogens is 216 g/mol. The summed E-state index contributed by atoms with van der Waals surface area (Å²) in [5.74, 6) is -0.165. The van der Waals surface area contributed by atoms with Gasteiger partial charge in [-0.25, -0.2) is 0 Å². The highest BCUT2D eigenvalue weighted by molar-refractivity contribution is 5.92. The van der Waals surface area contributed by atoms with Crippen molar-refractivity contribution < 1.29 is 4.79 Å². The van der Waals surface area contributed by atoms with Crippen LogP contribution < -0.4 is 5.32 Å². The number of aromatic nitrogens is 2. The molecule has 0 aliphatic rings. The largest absolute Gasteiger partial charge is 0.347 e. The van der Waals surface area contributed by atoms with Gasteiger partial charge in [0.1, 0.15) is 5.69 Å². The molecule has 0 saturated carbocycles. The molecule has 0 aromatic carbocycles. The van der Waals surface area contributed by atoms with Crippen molar-refractivity contribution in [1.29, 1.82) is 5.26 Å². The molecule has 1 amide bonds. The fourth-order valence-electron chi connectivity index (χ4n) is 1.55. The summed E-state index contributed by atoms with van der Waals surface area (Å²) in [6, 6.07) is 3.69. The van der Waals surface area contributed by atoms with Gasteiger partial charge in [0.25, 0.3) is 5.91 Å². The van der Waals surface area contributed by atoms with E-state index in [0.717, 1.165) is 12.1 Å². The van der Waals surface area contributed by atoms with Crippen LogP contribution in [0.15, 0.2) is 6.07 Å². The molecule has 5 heteroatoms. The lowest BCUT2D eigenvalue weighted by Crippen LogP contribution is -2.33. The number of hydrogen-bond donors (Lipinski definition) is 1. The zero-order chi connectivity index (χ0) is 12.8. The second-order valence-corrected chi connectivity index (χ2v) is 3.93. The van der Waals surface area contributed by atoms with Crippen LogP contribution in [-0.4, -0.2) is 21.7 Å². The van der Waals surface area contributed by atoms with E-state index in [9.17, 15) is 4.79 Å². The van der Waals surface area contributed by atoms with Crippen LogP contribution in [0.25, 0.3) is 0 Å². The van der Waals surface area contributed by atoms with Gasteiger partial charge in [0.15, 0.2) is 0 Å². The number of amides is 1. The minimum atomic E-state index is -0.165. The topological polar surface area (TPSA) is 70.7 Å². The predicted octanol–water partition coefficient (Wildman–Crippen LogP) is 1.50. The SMILES string of the molecule is CCc1cc(C(=O)NC(C)CC#N)n(CC)n1. The summed E-state index contributed by atoms with van der Waals surface area (Å²) in [5.41, 5.74) is 1.47. The van der Waals surface area contributed by atoms with Gasteiger partial charge in [0.05, 0.1) is 18.2 Å². The first-order valence-electron chi connectivity index (χ1n) is 5.86. The summed E-state index contributed by atoms with van der Waals surface area (Å²) in [5, 5.41) is 15.6. The zero-order valence-corrected chi connectivity index (χ0v) is 10.5. The van der Waals surface area contributed by atoms with E-state index in [4.69, 9.17) is 5.26 Å². The van der Waals surface area contributed by atoms with Gasteiger partial charge in [0.2, 0.25) is 0 Å². The number of nitriles is 1. The minimum absolute atomic E-state index is 0.141. The molecule has 1 heterocycles. The van der Waals surface area contributed by atoms with Crippen LogP contribution in [0.3, 0.4) is 0 Å². The summed E-state index contributed by atoms with van der Waals surface area (Å²) in [6.45, 7) is 6.42. The van der Waals surface area contributed by atoms with Gasteiger partial charge < -0.3 is 5.32 Å². The third kappa shape index (κ3) is 3.31. The Hall–Kier alpha value is -1.83. The molecule has 0 aliphatic carbocycles. The molecule has 17 heavy (non-hydrogen) atoms. The summed E-state index contributed by atoms with van der Waals surface area (Å²) in [4.78, 5) is 12.0. The van der Waals surface area contributed by atoms with Crippen LogP contribution in [0.4, 0.5) is 0 Å². The Morgan fingerprint density at radius 3 is 2.88 bits per heavy atom. The highest BCUT2D eigenvalue weighted by Crippen LogP contribution is 2.06. The second-order valence-electron chi connectivity index (χ2n) is 3.93. The molecule has 0 fully saturated rings. The zero-order valence-electron chi connectivity index (χ0n) is 10.5. The lowest BCUT2D eigenvalue weighted by Gasteiger charge is -2.10. The first-order chi connectivity index (χ1) is 8.12. The Morgan fingerprint density at radius 1 is 1.65 bits per heavy atom. The first-order valence-corrected chi connectivity index (χ1v) is 5.86. The molecular formula is C12H18N4O. The molecule has 5 nitrogen and oxygen atoms in total. The highest BCUT2D eigenvalue weighted by atomic mass is 16.2. The van der Waals surface area contributed by atoms with Crippen molar-refractivity contribution in [2.45, 2.75) is 46.2 Å². The van der Waals surface area contributed by atoms with Crippen LogP contribution in [0.2, 0.25) is 0 Å². The quantitative estimate of drug-likeness (QED) is 0.839. The van der Waals surface area contributed by atoms with Gasteiger partial charge in [0, 0.05) is 12.6 Å². The summed E-state index contributed by atoms with van der Waals surface area (Å²) in [7, 11) is 0. The number of carbonyl (C=O) groups is 1. The van der Waals surface area contributed by atoms with Gasteiger partial charge >= 0.3 is 0 Å². The maximum atomic E-state index is 12.0. The predicted molar refractivity (Wildman–Crippen MR) is 64.4 cm³/mol. The average Bonchev–Trinajstić information content (AvgIpc) is 2.72. The van der Waals surface area contributed by atoms with Crippen LogP contribution >= 0.6 is 0 Å². The molecule has 1 aromatic heterocycles. The summed E-state index contributed by atoms with van der Waals surface area (Å²) in [6.07, 6.45) is 1.12. The molecule has 1 atom stereocenters. The Labute approximate surface area is 101 Å². The van der Waals surface area contributed by atoms with Crippen LogP contribution in [0.5, 0.6) is 0 Å². The fourth-order valence-corrected chi connectivity index (χ4v) is 1.55. The molecule has 0 saturated heterocycles. The molecule has 0 aliphatic heterocycles. The van der Waals surface area contributed by atoms with Crippen molar-refractivity contribution in [3.05, 3.63) is 17.5 Å². The first kappa shape index (κ1) is 13.2. The second kappa shape index (κ2) is 6.04. The third-order valence-electron chi connectivity index (χ3n) is 2.50. The Kier molecular flexibility index (Phi) is 4.70. The van der Waals surface area contributed by atoms with Crippen molar-refractivity contribution in [3.8, 4) is 6.07 Å². The molecule has 92 valence electrons. The number of rotatable bonds is 5. The maximum absolute atomic E-state index is 12.0. The molecule has 1 unspecified atom stereocenters. The van der Waals surface area contributed by atoms with Crippen LogP contribution in [-0.2, 0) is 13.0 Å². The highest BCUT2D eigenvalue weighted by Gasteiger charge is 2.15. The van der Waals surface area contributed by atoms with E-state index in [1.54, 1.807) is 10.7 Å². The Morgan fingerprint density at radius 2 is 2.35 bits per heavy atom. The Balaban J connectivity index is 2.81. The molecule has 0 radical (unpaired) electrons. The van der Waals surface area contributed by atoms with E-state index in [1.807, 2.05) is 26.8 Å². The van der Waals surface area contributed by atoms with Gasteiger partial charge in [-0.2, -0.15) is 10.4 Å². The fraction of sp³-hybridized carbons (Fsp3) is 0.583. The molecule has 1 rings (SSSR count).